The highest BCUT2D eigenvalue weighted by molar-refractivity contribution is 5.65. The van der Waals surface area contributed by atoms with Crippen molar-refractivity contribution in [3.63, 3.8) is 0 Å². The standard InChI is InChI=1S/C24H20N2O2.C12H10/c25-19-3-1-5-23(15-19)27-21-11-7-17(8-12-21)18-9-13-22(14-10-18)28-24-6-2-4-20(26)16-24;1-3-7-11(8-4-1)12-9-5-2-6-10-12/h1-16H,25-26H2;1-10H. The molecule has 4 N–H and O–H groups in total. The van der Waals surface area contributed by atoms with E-state index < -0.39 is 0 Å². The first-order chi connectivity index (χ1) is 19.6. The van der Waals surface area contributed by atoms with Crippen molar-refractivity contribution in [2.45, 2.75) is 0 Å². The van der Waals surface area contributed by atoms with Gasteiger partial charge in [-0.15, -0.1) is 0 Å². The Morgan fingerprint density at radius 3 is 1.00 bits per heavy atom. The van der Waals surface area contributed by atoms with Crippen LogP contribution in [-0.2, 0) is 0 Å². The molecule has 196 valence electrons. The molecule has 0 spiro atoms. The molecule has 0 aliphatic carbocycles. The summed E-state index contributed by atoms with van der Waals surface area (Å²) in [5.41, 5.74) is 17.7. The zero-order chi connectivity index (χ0) is 27.6. The minimum Gasteiger partial charge on any atom is -0.457 e. The zero-order valence-electron chi connectivity index (χ0n) is 22.0. The third-order valence-electron chi connectivity index (χ3n) is 6.11. The fourth-order valence-corrected chi connectivity index (χ4v) is 4.12. The highest BCUT2D eigenvalue weighted by Crippen LogP contribution is 2.29. The molecule has 6 aromatic rings. The second-order valence-corrected chi connectivity index (χ2v) is 9.13. The van der Waals surface area contributed by atoms with E-state index in [0.29, 0.717) is 11.4 Å². The Bertz CT molecular complexity index is 1510. The Morgan fingerprint density at radius 2 is 0.650 bits per heavy atom. The van der Waals surface area contributed by atoms with Crippen LogP contribution in [0.4, 0.5) is 11.4 Å². The van der Waals surface area contributed by atoms with E-state index in [1.165, 1.54) is 11.1 Å². The normalized spacial score (nSPS) is 10.2. The third-order valence-corrected chi connectivity index (χ3v) is 6.11. The number of ether oxygens (including phenoxy) is 2. The maximum absolute atomic E-state index is 5.83. The van der Waals surface area contributed by atoms with E-state index >= 15 is 0 Å². The highest BCUT2D eigenvalue weighted by atomic mass is 16.5. The topological polar surface area (TPSA) is 70.5 Å². The maximum atomic E-state index is 5.83. The van der Waals surface area contributed by atoms with Crippen LogP contribution in [0.5, 0.6) is 23.0 Å². The molecule has 0 fully saturated rings. The van der Waals surface area contributed by atoms with Crippen LogP contribution >= 0.6 is 0 Å². The first-order valence-electron chi connectivity index (χ1n) is 13.0. The quantitative estimate of drug-likeness (QED) is 0.214. The van der Waals surface area contributed by atoms with E-state index in [2.05, 4.69) is 48.5 Å². The van der Waals surface area contributed by atoms with E-state index in [0.717, 1.165) is 34.1 Å². The molecule has 0 heterocycles. The molecule has 0 aromatic heterocycles. The van der Waals surface area contributed by atoms with Crippen molar-refractivity contribution in [3.8, 4) is 45.3 Å². The van der Waals surface area contributed by atoms with Crippen molar-refractivity contribution in [1.82, 2.24) is 0 Å². The van der Waals surface area contributed by atoms with E-state index in [4.69, 9.17) is 20.9 Å². The molecule has 0 bridgehead atoms. The van der Waals surface area contributed by atoms with E-state index in [-0.39, 0.29) is 0 Å². The van der Waals surface area contributed by atoms with Crippen LogP contribution in [0.25, 0.3) is 22.3 Å². The van der Waals surface area contributed by atoms with Crippen molar-refractivity contribution in [3.05, 3.63) is 158 Å². The van der Waals surface area contributed by atoms with Gasteiger partial charge in [0.05, 0.1) is 0 Å². The van der Waals surface area contributed by atoms with Gasteiger partial charge in [-0.05, 0) is 70.8 Å². The summed E-state index contributed by atoms with van der Waals surface area (Å²) in [6, 6.07) is 51.4. The smallest absolute Gasteiger partial charge is 0.129 e. The summed E-state index contributed by atoms with van der Waals surface area (Å²) in [5.74, 6) is 2.96. The molecule has 0 amide bonds. The van der Waals surface area contributed by atoms with Gasteiger partial charge in [0.2, 0.25) is 0 Å². The van der Waals surface area contributed by atoms with Gasteiger partial charge in [0.15, 0.2) is 0 Å². The maximum Gasteiger partial charge on any atom is 0.129 e. The van der Waals surface area contributed by atoms with Crippen molar-refractivity contribution >= 4 is 11.4 Å². The van der Waals surface area contributed by atoms with Crippen LogP contribution in [0.1, 0.15) is 0 Å². The van der Waals surface area contributed by atoms with Gasteiger partial charge in [0, 0.05) is 23.5 Å². The first kappa shape index (κ1) is 26.1. The molecule has 0 saturated carbocycles. The van der Waals surface area contributed by atoms with Crippen LogP contribution in [-0.4, -0.2) is 0 Å². The summed E-state index contributed by atoms with van der Waals surface area (Å²) in [6.07, 6.45) is 0. The SMILES string of the molecule is Nc1cccc(Oc2ccc(-c3ccc(Oc4cccc(N)c4)cc3)cc2)c1.c1ccc(-c2ccccc2)cc1. The molecule has 0 unspecified atom stereocenters. The van der Waals surface area contributed by atoms with Crippen molar-refractivity contribution in [2.24, 2.45) is 0 Å². The molecule has 40 heavy (non-hydrogen) atoms. The van der Waals surface area contributed by atoms with Gasteiger partial charge in [-0.3, -0.25) is 0 Å². The van der Waals surface area contributed by atoms with Crippen molar-refractivity contribution in [2.75, 3.05) is 11.5 Å². The molecular formula is C36H30N2O2. The van der Waals surface area contributed by atoms with Gasteiger partial charge in [0.1, 0.15) is 23.0 Å². The number of benzene rings is 6. The summed E-state index contributed by atoms with van der Waals surface area (Å²) in [4.78, 5) is 0. The van der Waals surface area contributed by atoms with Crippen LogP contribution in [0.2, 0.25) is 0 Å². The second kappa shape index (κ2) is 12.9. The van der Waals surface area contributed by atoms with Crippen LogP contribution in [0.15, 0.2) is 158 Å². The average Bonchev–Trinajstić information content (AvgIpc) is 2.99. The summed E-state index contributed by atoms with van der Waals surface area (Å²) >= 11 is 0. The van der Waals surface area contributed by atoms with Gasteiger partial charge in [-0.25, -0.2) is 0 Å². The second-order valence-electron chi connectivity index (χ2n) is 9.13. The Hall–Kier alpha value is -5.48. The van der Waals surface area contributed by atoms with Crippen LogP contribution in [0, 0.1) is 0 Å². The molecule has 6 aromatic carbocycles. The average molecular weight is 523 g/mol. The predicted octanol–water partition coefficient (Wildman–Crippen LogP) is 9.46. The Morgan fingerprint density at radius 1 is 0.300 bits per heavy atom. The van der Waals surface area contributed by atoms with Crippen LogP contribution in [0.3, 0.4) is 0 Å². The zero-order valence-corrected chi connectivity index (χ0v) is 22.0. The van der Waals surface area contributed by atoms with Crippen molar-refractivity contribution in [1.29, 1.82) is 0 Å². The largest absolute Gasteiger partial charge is 0.457 e. The van der Waals surface area contributed by atoms with Gasteiger partial charge in [-0.2, -0.15) is 0 Å². The van der Waals surface area contributed by atoms with E-state index in [1.807, 2.05) is 97.1 Å². The Labute approximate surface area is 235 Å². The first-order valence-corrected chi connectivity index (χ1v) is 13.0. The number of anilines is 2. The summed E-state index contributed by atoms with van der Waals surface area (Å²) in [6.45, 7) is 0. The Balaban J connectivity index is 0.000000223. The fraction of sp³-hybridized carbons (Fsp3) is 0. The number of hydrogen-bond acceptors (Lipinski definition) is 4. The molecule has 0 saturated heterocycles. The molecular weight excluding hydrogens is 492 g/mol. The summed E-state index contributed by atoms with van der Waals surface area (Å²) < 4.78 is 11.7. The molecule has 6 rings (SSSR count). The van der Waals surface area contributed by atoms with E-state index in [1.54, 1.807) is 12.1 Å². The van der Waals surface area contributed by atoms with Gasteiger partial charge in [0.25, 0.3) is 0 Å². The van der Waals surface area contributed by atoms with Gasteiger partial charge < -0.3 is 20.9 Å². The van der Waals surface area contributed by atoms with Crippen molar-refractivity contribution < 1.29 is 9.47 Å². The lowest BCUT2D eigenvalue weighted by molar-refractivity contribution is 0.482. The predicted molar refractivity (Wildman–Crippen MR) is 166 cm³/mol. The molecule has 4 heteroatoms. The summed E-state index contributed by atoms with van der Waals surface area (Å²) in [7, 11) is 0. The lowest BCUT2D eigenvalue weighted by atomic mass is 10.1. The van der Waals surface area contributed by atoms with E-state index in [9.17, 15) is 0 Å². The number of nitrogen functional groups attached to an aromatic ring is 2. The number of nitrogens with two attached hydrogens (primary N) is 2. The lowest BCUT2D eigenvalue weighted by Gasteiger charge is -2.09. The number of hydrogen-bond donors (Lipinski definition) is 2. The minimum absolute atomic E-state index is 0.676. The monoisotopic (exact) mass is 522 g/mol. The molecule has 0 radical (unpaired) electrons. The Kier molecular flexibility index (Phi) is 8.40. The molecule has 4 nitrogen and oxygen atoms in total. The molecule has 0 aliphatic rings. The van der Waals surface area contributed by atoms with Gasteiger partial charge in [-0.1, -0.05) is 97.1 Å². The van der Waals surface area contributed by atoms with Gasteiger partial charge >= 0.3 is 0 Å². The highest BCUT2D eigenvalue weighted by Gasteiger charge is 2.03. The molecule has 0 aliphatic heterocycles. The summed E-state index contributed by atoms with van der Waals surface area (Å²) in [5, 5.41) is 0. The number of rotatable bonds is 6. The lowest BCUT2D eigenvalue weighted by Crippen LogP contribution is -1.88. The fourth-order valence-electron chi connectivity index (χ4n) is 4.12. The third kappa shape index (κ3) is 7.30. The minimum atomic E-state index is 0.676. The van der Waals surface area contributed by atoms with Crippen LogP contribution < -0.4 is 20.9 Å². The molecule has 0 atom stereocenters.